The van der Waals surface area contributed by atoms with Gasteiger partial charge >= 0.3 is 0 Å². The largest absolute Gasteiger partial charge is 0.508 e. The number of primary amides is 1. The van der Waals surface area contributed by atoms with E-state index in [0.717, 1.165) is 10.9 Å². The zero-order chi connectivity index (χ0) is 95.7. The number of aliphatic hydroxyl groups excluding tert-OH is 2. The molecule has 36 heteroatoms. The molecule has 1 aromatic heterocycles. The van der Waals surface area contributed by atoms with Crippen LogP contribution in [0.2, 0.25) is 0 Å². The predicted molar refractivity (Wildman–Crippen MR) is 487 cm³/mol. The number of aliphatic hydroxyl groups is 2. The van der Waals surface area contributed by atoms with Crippen LogP contribution >= 0.6 is 0 Å². The number of amides is 6. The van der Waals surface area contributed by atoms with Crippen LogP contribution in [-0.2, 0) is 96.0 Å². The van der Waals surface area contributed by atoms with Crippen LogP contribution in [0.15, 0.2) is 97.2 Å². The number of phenolic OH excluding ortho intramolecular Hbond substituents is 1. The Morgan fingerprint density at radius 2 is 1.22 bits per heavy atom. The van der Waals surface area contributed by atoms with Crippen molar-refractivity contribution in [2.24, 2.45) is 23.3 Å². The number of aromatic hydroxyl groups is 1. The van der Waals surface area contributed by atoms with Crippen LogP contribution in [0, 0.1) is 11.8 Å². The number of aromatic nitrogens is 1. The van der Waals surface area contributed by atoms with Crippen LogP contribution < -0.4 is 86.3 Å². The Morgan fingerprint density at radius 1 is 0.597 bits per heavy atom. The van der Waals surface area contributed by atoms with Crippen molar-refractivity contribution in [1.29, 1.82) is 0 Å². The number of nitrogens with two attached hydrogens (primary N) is 2. The van der Waals surface area contributed by atoms with E-state index in [2.05, 4.69) is 79.9 Å². The quantitative estimate of drug-likeness (QED) is 0.0131. The van der Waals surface area contributed by atoms with Gasteiger partial charge in [-0.15, -0.1) is 0 Å². The molecule has 1 aliphatic rings. The topological polar surface area (TPSA) is 570 Å². The highest BCUT2D eigenvalue weighted by molar-refractivity contribution is 6.41. The van der Waals surface area contributed by atoms with Crippen molar-refractivity contribution in [3.63, 3.8) is 0 Å². The normalized spacial score (nSPS) is 22.8. The van der Waals surface area contributed by atoms with Gasteiger partial charge in [0.2, 0.25) is 47.0 Å². The van der Waals surface area contributed by atoms with E-state index in [9.17, 15) is 82.4 Å². The van der Waals surface area contributed by atoms with Crippen LogP contribution in [0.3, 0.4) is 0 Å². The first-order valence-electron chi connectivity index (χ1n) is 44.9. The van der Waals surface area contributed by atoms with Crippen molar-refractivity contribution in [3.8, 4) is 5.75 Å². The second-order valence-electron chi connectivity index (χ2n) is 35.1. The summed E-state index contributed by atoms with van der Waals surface area (Å²) < 4.78 is 0. The summed E-state index contributed by atoms with van der Waals surface area (Å²) in [6.07, 6.45) is 5.79. The van der Waals surface area contributed by atoms with Gasteiger partial charge in [-0.2, -0.15) is 0 Å². The molecule has 0 saturated heterocycles. The maximum Gasteiger partial charge on any atom is 0.246 e. The minimum atomic E-state index is -1.84. The van der Waals surface area contributed by atoms with E-state index in [-0.39, 0.29) is 120 Å². The molecule has 2 heterocycles. The molecule has 5 rings (SSSR count). The molecule has 0 bridgehead atoms. The zero-order valence-electron chi connectivity index (χ0n) is 76.8. The van der Waals surface area contributed by atoms with Crippen molar-refractivity contribution in [1.82, 2.24) is 79.9 Å². The summed E-state index contributed by atoms with van der Waals surface area (Å²) in [5.74, 6) is -11.1. The predicted octanol–water partition coefficient (Wildman–Crippen LogP) is 1.64. The Bertz CT molecular complexity index is 4430. The number of rotatable bonds is 38. The molecule has 6 amide bonds. The molecule has 15 atom stereocenters. The molecule has 0 aliphatic carbocycles. The van der Waals surface area contributed by atoms with Crippen molar-refractivity contribution in [2.45, 2.75) is 301 Å². The van der Waals surface area contributed by atoms with E-state index >= 15 is 9.59 Å². The zero-order valence-corrected chi connectivity index (χ0v) is 76.8. The van der Waals surface area contributed by atoms with Crippen LogP contribution in [0.1, 0.15) is 209 Å². The molecular formula is C93H141N17O19. The minimum Gasteiger partial charge on any atom is -0.508 e. The number of allylic oxidation sites excluding steroid dienone is 2. The van der Waals surface area contributed by atoms with Gasteiger partial charge in [0, 0.05) is 50.1 Å². The molecular weight excluding hydrogens is 1660 g/mol. The Morgan fingerprint density at radius 3 is 1.84 bits per heavy atom. The van der Waals surface area contributed by atoms with E-state index in [4.69, 9.17) is 11.5 Å². The SMILES string of the molecule is CC(=O)N[C@@H](CC(C)C)C(=O)C(=O)[C@@H](NN[C@@H](Cc1ccccc1)C(=O)N[C@]1(C)CCCCCC/C=C/CCC[C@@](C)(C(=O)N[C@@H](CO)C(=O)CN[C@@H](C)C(=O)CCN[C@@H](C)C(=O)CN)NC(=O)[C@H](CCC(C)C)NC(=O)[C@H](CCC(N)=O)NCN[C@@H](C)C(=O)CC(=O)[C@H](Cc2c[nH]c3ccccc23)NN[C@@H](Cc2ccc(O)cc2)C(=O)CC(=O)[C@H](C)NCC1=O)[C@@H](C)O. The first-order chi connectivity index (χ1) is 61.1. The summed E-state index contributed by atoms with van der Waals surface area (Å²) in [5.41, 5.74) is 21.7. The first kappa shape index (κ1) is 109. The number of benzene rings is 3. The second-order valence-corrected chi connectivity index (χ2v) is 35.1. The second kappa shape index (κ2) is 55.7. The monoisotopic (exact) mass is 1800 g/mol. The summed E-state index contributed by atoms with van der Waals surface area (Å²) in [7, 11) is 0. The Balaban J connectivity index is 1.54. The van der Waals surface area contributed by atoms with Gasteiger partial charge in [0.25, 0.3) is 0 Å². The molecule has 4 aromatic rings. The number of aromatic amines is 1. The lowest BCUT2D eigenvalue weighted by Crippen LogP contribution is -2.64. The number of ketones is 10. The van der Waals surface area contributed by atoms with Gasteiger partial charge in [-0.3, -0.25) is 87.3 Å². The molecule has 0 spiro atoms. The highest BCUT2D eigenvalue weighted by Gasteiger charge is 2.42. The number of hydrazine groups is 2. The molecule has 3 aromatic carbocycles. The third kappa shape index (κ3) is 38.0. The number of carbonyl (C=O) groups is 16. The lowest BCUT2D eigenvalue weighted by Gasteiger charge is -2.33. The Kier molecular flexibility index (Phi) is 47.2. The molecule has 0 fully saturated rings. The molecule has 0 unspecified atom stereocenters. The van der Waals surface area contributed by atoms with E-state index < -0.39 is 204 Å². The number of hydrogen-bond donors (Lipinski definition) is 20. The number of carbonyl (C=O) groups excluding carboxylic acids is 16. The van der Waals surface area contributed by atoms with E-state index in [0.29, 0.717) is 61.6 Å². The average molecular weight is 1800 g/mol. The van der Waals surface area contributed by atoms with Gasteiger partial charge in [-0.25, -0.2) is 21.7 Å². The van der Waals surface area contributed by atoms with E-state index in [1.54, 1.807) is 69.4 Å². The van der Waals surface area contributed by atoms with Crippen molar-refractivity contribution >= 4 is 104 Å². The number of phenols is 1. The lowest BCUT2D eigenvalue weighted by atomic mass is 9.88. The van der Waals surface area contributed by atoms with Crippen molar-refractivity contribution in [2.75, 3.05) is 39.5 Å². The molecule has 1 aliphatic heterocycles. The summed E-state index contributed by atoms with van der Waals surface area (Å²) >= 11 is 0. The van der Waals surface area contributed by atoms with Gasteiger partial charge in [0.05, 0.1) is 99.1 Å². The number of fused-ring (bicyclic) bond motifs is 1. The highest BCUT2D eigenvalue weighted by Crippen LogP contribution is 2.24. The molecule has 22 N–H and O–H groups in total. The van der Waals surface area contributed by atoms with Crippen molar-refractivity contribution < 1.29 is 92.0 Å². The standard InChI is InChI=1S/C93H141N17O19/c1-55(2)31-36-70-89(127)106-93(12,91(129)104-75(53-111)82(121)51-97-57(5)76(115)39-42-96-60(8)81(120)49-94)41-26-19-17-15-13-14-16-18-25-40-92(11,105-90(128)74(45-63-27-21-20-22-28-63)109-110-85(61(9)112)87(125)86(124)73(43-56(3)4)102-62(10)113)83(122)52-98-58(6)77(116)47-79(118)71(44-64-32-34-66(114)35-33-64)107-108-72(46-65-50-99-68-30-24-23-29-67(65)68)80(119)48-78(117)59(7)100-54-101-69(88(126)103-70)37-38-84(95)123/h15,17,20-24,27-30,32-35,50,55-61,69-75,85,96-101,107-112,114H,13-14,16,18-19,25-26,31,36-49,51-54,94H2,1-12H3,(H2,95,123)(H,102,113)(H,103,126)(H,104,129)(H,105,128)(H,106,127)/b17-15+/t57-,58-,59-,60-,61+,69-,70-,71-,72-,73-,74-,75-,85-,92+,93-/m0/s1. The van der Waals surface area contributed by atoms with Crippen LogP contribution in [0.25, 0.3) is 10.9 Å². The average Bonchev–Trinajstić information content (AvgIpc) is 1.63. The number of hydrogen-bond acceptors (Lipinski definition) is 29. The fourth-order valence-electron chi connectivity index (χ4n) is 14.6. The van der Waals surface area contributed by atoms with Gasteiger partial charge in [-0.1, -0.05) is 120 Å². The summed E-state index contributed by atoms with van der Waals surface area (Å²) in [5, 5.41) is 61.3. The summed E-state index contributed by atoms with van der Waals surface area (Å²) in [6.45, 7) is 16.8. The molecule has 0 saturated carbocycles. The minimum absolute atomic E-state index is 0.00836. The molecule has 0 radical (unpaired) electrons. The van der Waals surface area contributed by atoms with E-state index in [1.165, 1.54) is 60.6 Å². The lowest BCUT2D eigenvalue weighted by molar-refractivity contribution is -0.142. The third-order valence-electron chi connectivity index (χ3n) is 23.1. The number of nitrogens with one attached hydrogen (secondary N) is 15. The van der Waals surface area contributed by atoms with Gasteiger partial charge in [-0.05, 0) is 179 Å². The highest BCUT2D eigenvalue weighted by atomic mass is 16.3. The Hall–Kier alpha value is -10.2. The fourth-order valence-corrected chi connectivity index (χ4v) is 14.6. The summed E-state index contributed by atoms with van der Waals surface area (Å²) in [4.78, 5) is 228. The first-order valence-corrected chi connectivity index (χ1v) is 44.9. The molecule has 712 valence electrons. The molecule has 129 heavy (non-hydrogen) atoms. The molecule has 36 nitrogen and oxygen atoms in total. The Labute approximate surface area is 756 Å². The van der Waals surface area contributed by atoms with Crippen molar-refractivity contribution in [3.05, 3.63) is 114 Å². The van der Waals surface area contributed by atoms with E-state index in [1.807, 2.05) is 50.3 Å². The number of Topliss-reactive ketones (excluding diaryl/α,β-unsaturated/α-hetero) is 10. The van der Waals surface area contributed by atoms with Gasteiger partial charge in [0.1, 0.15) is 35.5 Å². The maximum absolute atomic E-state index is 15.1. The van der Waals surface area contributed by atoms with Crippen LogP contribution in [-0.4, -0.2) is 243 Å². The van der Waals surface area contributed by atoms with Crippen LogP contribution in [0.5, 0.6) is 5.75 Å². The van der Waals surface area contributed by atoms with Gasteiger partial charge < -0.3 is 74.3 Å². The van der Waals surface area contributed by atoms with Crippen LogP contribution in [0.4, 0.5) is 0 Å². The smallest absolute Gasteiger partial charge is 0.246 e. The number of H-pyrrole nitrogens is 1. The third-order valence-corrected chi connectivity index (χ3v) is 23.1. The van der Waals surface area contributed by atoms with Gasteiger partial charge in [0.15, 0.2) is 46.3 Å². The fraction of sp³-hybridized carbons (Fsp3) is 0.591. The number of para-hydroxylation sites is 1. The maximum atomic E-state index is 15.1. The summed E-state index contributed by atoms with van der Waals surface area (Å²) in [6, 6.07) is 7.55.